The van der Waals surface area contributed by atoms with Gasteiger partial charge in [0.05, 0.1) is 6.04 Å². The standard InChI is InChI=1S/C12H22N2O3/c1-4-10(12(16)17)14(3)11(15)9-7-8(2)5-6-13-9/h8-10,13H,4-7H2,1-3H3,(H,16,17). The van der Waals surface area contributed by atoms with Gasteiger partial charge in [-0.05, 0) is 31.7 Å². The van der Waals surface area contributed by atoms with E-state index in [2.05, 4.69) is 12.2 Å². The van der Waals surface area contributed by atoms with E-state index in [1.54, 1.807) is 14.0 Å². The Labute approximate surface area is 102 Å². The van der Waals surface area contributed by atoms with Gasteiger partial charge in [-0.2, -0.15) is 0 Å². The number of rotatable bonds is 4. The van der Waals surface area contributed by atoms with E-state index in [4.69, 9.17) is 5.11 Å². The van der Waals surface area contributed by atoms with Crippen LogP contribution in [0, 0.1) is 5.92 Å². The van der Waals surface area contributed by atoms with Crippen LogP contribution in [0.3, 0.4) is 0 Å². The number of carboxylic acids is 1. The Morgan fingerprint density at radius 3 is 2.65 bits per heavy atom. The average molecular weight is 242 g/mol. The molecule has 0 spiro atoms. The molecule has 0 aromatic carbocycles. The number of nitrogens with one attached hydrogen (secondary N) is 1. The number of hydrogen-bond acceptors (Lipinski definition) is 3. The average Bonchev–Trinajstić information content (AvgIpc) is 2.28. The summed E-state index contributed by atoms with van der Waals surface area (Å²) >= 11 is 0. The molecule has 0 bridgehead atoms. The summed E-state index contributed by atoms with van der Waals surface area (Å²) in [6.07, 6.45) is 2.29. The third-order valence-corrected chi connectivity index (χ3v) is 3.45. The fourth-order valence-electron chi connectivity index (χ4n) is 2.31. The van der Waals surface area contributed by atoms with Crippen molar-refractivity contribution in [2.24, 2.45) is 5.92 Å². The molecule has 1 amide bonds. The maximum atomic E-state index is 12.1. The van der Waals surface area contributed by atoms with Crippen LogP contribution in [0.2, 0.25) is 0 Å². The van der Waals surface area contributed by atoms with Crippen molar-refractivity contribution in [2.45, 2.75) is 45.2 Å². The molecule has 5 heteroatoms. The van der Waals surface area contributed by atoms with Gasteiger partial charge in [-0.25, -0.2) is 4.79 Å². The molecule has 3 atom stereocenters. The van der Waals surface area contributed by atoms with Crippen molar-refractivity contribution in [3.05, 3.63) is 0 Å². The number of likely N-dealkylation sites (N-methyl/N-ethyl adjacent to an activating group) is 1. The van der Waals surface area contributed by atoms with Crippen molar-refractivity contribution in [1.82, 2.24) is 10.2 Å². The highest BCUT2D eigenvalue weighted by atomic mass is 16.4. The van der Waals surface area contributed by atoms with Crippen LogP contribution in [0.4, 0.5) is 0 Å². The van der Waals surface area contributed by atoms with Crippen molar-refractivity contribution >= 4 is 11.9 Å². The summed E-state index contributed by atoms with van der Waals surface area (Å²) in [6, 6.07) is -0.946. The molecule has 5 nitrogen and oxygen atoms in total. The van der Waals surface area contributed by atoms with Crippen LogP contribution in [0.15, 0.2) is 0 Å². The lowest BCUT2D eigenvalue weighted by Crippen LogP contribution is -2.53. The maximum absolute atomic E-state index is 12.1. The SMILES string of the molecule is CCC(C(=O)O)N(C)C(=O)C1CC(C)CCN1. The first-order valence-corrected chi connectivity index (χ1v) is 6.20. The summed E-state index contributed by atoms with van der Waals surface area (Å²) in [5.41, 5.74) is 0. The second kappa shape index (κ2) is 6.00. The van der Waals surface area contributed by atoms with Crippen LogP contribution in [0.1, 0.15) is 33.1 Å². The van der Waals surface area contributed by atoms with Gasteiger partial charge in [0.15, 0.2) is 0 Å². The van der Waals surface area contributed by atoms with E-state index >= 15 is 0 Å². The molecule has 1 aliphatic rings. The van der Waals surface area contributed by atoms with Crippen LogP contribution in [0.5, 0.6) is 0 Å². The van der Waals surface area contributed by atoms with Crippen molar-refractivity contribution in [2.75, 3.05) is 13.6 Å². The Kier molecular flexibility index (Phi) is 4.93. The van der Waals surface area contributed by atoms with Gasteiger partial charge in [0.2, 0.25) is 5.91 Å². The summed E-state index contributed by atoms with van der Waals surface area (Å²) in [5.74, 6) is -0.526. The zero-order valence-corrected chi connectivity index (χ0v) is 10.8. The van der Waals surface area contributed by atoms with Gasteiger partial charge in [0.25, 0.3) is 0 Å². The number of aliphatic carboxylic acids is 1. The first-order valence-electron chi connectivity index (χ1n) is 6.20. The van der Waals surface area contributed by atoms with E-state index in [1.165, 1.54) is 4.90 Å². The minimum Gasteiger partial charge on any atom is -0.480 e. The van der Waals surface area contributed by atoms with E-state index < -0.39 is 12.0 Å². The molecule has 1 aliphatic heterocycles. The number of carbonyl (C=O) groups is 2. The summed E-state index contributed by atoms with van der Waals surface area (Å²) < 4.78 is 0. The molecule has 1 fully saturated rings. The lowest BCUT2D eigenvalue weighted by Gasteiger charge is -2.32. The van der Waals surface area contributed by atoms with Gasteiger partial charge < -0.3 is 15.3 Å². The molecule has 17 heavy (non-hydrogen) atoms. The van der Waals surface area contributed by atoms with E-state index in [-0.39, 0.29) is 11.9 Å². The molecule has 1 saturated heterocycles. The first-order chi connectivity index (χ1) is 7.97. The molecular formula is C12H22N2O3. The van der Waals surface area contributed by atoms with Gasteiger partial charge >= 0.3 is 5.97 Å². The third kappa shape index (κ3) is 3.43. The number of hydrogen-bond donors (Lipinski definition) is 2. The van der Waals surface area contributed by atoms with Gasteiger partial charge in [-0.1, -0.05) is 13.8 Å². The predicted molar refractivity (Wildman–Crippen MR) is 64.7 cm³/mol. The molecule has 1 rings (SSSR count). The summed E-state index contributed by atoms with van der Waals surface area (Å²) in [5, 5.41) is 12.2. The van der Waals surface area contributed by atoms with Crippen molar-refractivity contribution in [1.29, 1.82) is 0 Å². The minimum atomic E-state index is -0.938. The highest BCUT2D eigenvalue weighted by Crippen LogP contribution is 2.17. The van der Waals surface area contributed by atoms with Crippen molar-refractivity contribution in [3.63, 3.8) is 0 Å². The van der Waals surface area contributed by atoms with Crippen molar-refractivity contribution in [3.8, 4) is 0 Å². The molecule has 0 aromatic rings. The Morgan fingerprint density at radius 2 is 2.18 bits per heavy atom. The fraction of sp³-hybridized carbons (Fsp3) is 0.833. The number of amides is 1. The molecule has 3 unspecified atom stereocenters. The Bertz CT molecular complexity index is 293. The molecule has 0 saturated carbocycles. The minimum absolute atomic E-state index is 0.106. The van der Waals surface area contributed by atoms with Crippen LogP contribution in [0.25, 0.3) is 0 Å². The highest BCUT2D eigenvalue weighted by molar-refractivity contribution is 5.86. The molecule has 1 heterocycles. The largest absolute Gasteiger partial charge is 0.480 e. The summed E-state index contributed by atoms with van der Waals surface area (Å²) in [6.45, 7) is 4.73. The van der Waals surface area contributed by atoms with Gasteiger partial charge in [-0.3, -0.25) is 4.79 Å². The lowest BCUT2D eigenvalue weighted by atomic mass is 9.93. The van der Waals surface area contributed by atoms with Crippen LogP contribution in [-0.4, -0.2) is 47.6 Å². The molecule has 0 aliphatic carbocycles. The molecular weight excluding hydrogens is 220 g/mol. The smallest absolute Gasteiger partial charge is 0.326 e. The quantitative estimate of drug-likeness (QED) is 0.761. The number of nitrogens with zero attached hydrogens (tertiary/aromatic N) is 1. The Balaban J connectivity index is 2.64. The maximum Gasteiger partial charge on any atom is 0.326 e. The molecule has 2 N–H and O–H groups in total. The van der Waals surface area contributed by atoms with E-state index in [9.17, 15) is 9.59 Å². The topological polar surface area (TPSA) is 69.6 Å². The number of piperidine rings is 1. The first kappa shape index (κ1) is 14.0. The van der Waals surface area contributed by atoms with E-state index in [0.29, 0.717) is 12.3 Å². The van der Waals surface area contributed by atoms with E-state index in [1.807, 2.05) is 0 Å². The summed E-state index contributed by atoms with van der Waals surface area (Å²) in [4.78, 5) is 24.5. The number of carboxylic acid groups (broad SMARTS) is 1. The van der Waals surface area contributed by atoms with Crippen LogP contribution in [-0.2, 0) is 9.59 Å². The number of carbonyl (C=O) groups excluding carboxylic acids is 1. The Morgan fingerprint density at radius 1 is 1.53 bits per heavy atom. The Hall–Kier alpha value is -1.10. The fourth-order valence-corrected chi connectivity index (χ4v) is 2.31. The summed E-state index contributed by atoms with van der Waals surface area (Å²) in [7, 11) is 1.57. The third-order valence-electron chi connectivity index (χ3n) is 3.45. The van der Waals surface area contributed by atoms with Crippen molar-refractivity contribution < 1.29 is 14.7 Å². The zero-order valence-electron chi connectivity index (χ0n) is 10.8. The lowest BCUT2D eigenvalue weighted by molar-refractivity contribution is -0.150. The predicted octanol–water partition coefficient (Wildman–Crippen LogP) is 0.696. The zero-order chi connectivity index (χ0) is 13.0. The second-order valence-corrected chi connectivity index (χ2v) is 4.85. The second-order valence-electron chi connectivity index (χ2n) is 4.85. The normalized spacial score (nSPS) is 26.3. The van der Waals surface area contributed by atoms with E-state index in [0.717, 1.165) is 19.4 Å². The molecule has 98 valence electrons. The highest BCUT2D eigenvalue weighted by Gasteiger charge is 2.31. The van der Waals surface area contributed by atoms with Gasteiger partial charge in [-0.15, -0.1) is 0 Å². The van der Waals surface area contributed by atoms with Gasteiger partial charge in [0.1, 0.15) is 6.04 Å². The molecule has 0 radical (unpaired) electrons. The molecule has 0 aromatic heterocycles. The van der Waals surface area contributed by atoms with Crippen LogP contribution < -0.4 is 5.32 Å². The monoisotopic (exact) mass is 242 g/mol. The van der Waals surface area contributed by atoms with Crippen LogP contribution >= 0.6 is 0 Å². The van der Waals surface area contributed by atoms with Gasteiger partial charge in [0, 0.05) is 7.05 Å².